The topological polar surface area (TPSA) is 302 Å². The highest BCUT2D eigenvalue weighted by molar-refractivity contribution is 6.28. The predicted octanol–water partition coefficient (Wildman–Crippen LogP) is 1.85. The van der Waals surface area contributed by atoms with E-state index in [0.717, 1.165) is 0 Å². The van der Waals surface area contributed by atoms with Gasteiger partial charge in [-0.05, 0) is 80.7 Å². The Bertz CT molecular complexity index is 1660. The number of phenolic OH excluding ortho intramolecular Hbond substituents is 1. The normalized spacial score (nSPS) is 16.3. The van der Waals surface area contributed by atoms with Crippen molar-refractivity contribution in [3.05, 3.63) is 65.7 Å². The molecule has 2 rings (SSSR count). The van der Waals surface area contributed by atoms with Gasteiger partial charge in [-0.3, -0.25) is 28.9 Å². The van der Waals surface area contributed by atoms with Crippen molar-refractivity contribution in [2.45, 2.75) is 134 Å². The van der Waals surface area contributed by atoms with Gasteiger partial charge in [-0.15, -0.1) is 0 Å². The summed E-state index contributed by atoms with van der Waals surface area (Å²) in [6.45, 7) is 6.96. The number of carbonyl (C=O) groups excluding carboxylic acids is 5. The van der Waals surface area contributed by atoms with Gasteiger partial charge in [0.05, 0.1) is 30.2 Å². The van der Waals surface area contributed by atoms with Gasteiger partial charge in [0.15, 0.2) is 17.3 Å². The van der Waals surface area contributed by atoms with Crippen molar-refractivity contribution in [1.82, 2.24) is 4.90 Å². The lowest BCUT2D eigenvalue weighted by Gasteiger charge is -2.52. The number of rotatable bonds is 26. The zero-order valence-corrected chi connectivity index (χ0v) is 33.9. The third kappa shape index (κ3) is 11.4. The summed E-state index contributed by atoms with van der Waals surface area (Å²) < 4.78 is 0. The molecule has 7 unspecified atom stereocenters. The number of ketones is 3. The van der Waals surface area contributed by atoms with Crippen molar-refractivity contribution in [3.8, 4) is 5.75 Å². The van der Waals surface area contributed by atoms with Crippen LogP contribution < -0.4 is 34.4 Å². The zero-order valence-electron chi connectivity index (χ0n) is 33.9. The second-order valence-corrected chi connectivity index (χ2v) is 15.4. The number of aliphatic carboxylic acids is 1. The van der Waals surface area contributed by atoms with Gasteiger partial charge in [0.25, 0.3) is 0 Å². The number of carbonyl (C=O) groups is 6. The summed E-state index contributed by atoms with van der Waals surface area (Å²) in [7, 11) is 0. The number of hydrogen-bond acceptors (Lipinski definition) is 13. The van der Waals surface area contributed by atoms with Crippen LogP contribution in [0.25, 0.3) is 0 Å². The standard InChI is InChI=1S/C42H65N7O8/c1-5-7-15-30(44)35(51)41(21-12-22-43,36(52)32(46)23-26(3)4)42(40(56)57,37(53)33(47)24-27-13-10-9-11-14-27)49(38(54)31(45)16-8-6-2)39(55)34(48)25-28-17-19-29(50)20-18-28/h9-11,13-14,17-20,26,30-34,50H,5-8,12,15-16,21-25,43-48H2,1-4H3,(H,56,57). The number of aromatic hydroxyl groups is 1. The first-order chi connectivity index (χ1) is 26.9. The summed E-state index contributed by atoms with van der Waals surface area (Å²) in [6.07, 6.45) is 0.0450. The van der Waals surface area contributed by atoms with Crippen LogP contribution in [0.15, 0.2) is 54.6 Å². The summed E-state index contributed by atoms with van der Waals surface area (Å²) in [5.41, 5.74) is 32.9. The third-order valence-electron chi connectivity index (χ3n) is 10.5. The van der Waals surface area contributed by atoms with E-state index >= 15 is 24.0 Å². The lowest BCUT2D eigenvalue weighted by molar-refractivity contribution is -0.188. The molecule has 0 aliphatic heterocycles. The van der Waals surface area contributed by atoms with Gasteiger partial charge in [-0.2, -0.15) is 0 Å². The number of imide groups is 1. The summed E-state index contributed by atoms with van der Waals surface area (Å²) in [6, 6.07) is 5.63. The van der Waals surface area contributed by atoms with Crippen molar-refractivity contribution >= 4 is 35.1 Å². The van der Waals surface area contributed by atoms with Crippen molar-refractivity contribution in [1.29, 1.82) is 0 Å². The molecule has 0 saturated carbocycles. The average molecular weight is 796 g/mol. The quantitative estimate of drug-likeness (QED) is 0.0631. The summed E-state index contributed by atoms with van der Waals surface area (Å²) in [5.74, 6) is -9.18. The van der Waals surface area contributed by atoms with Crippen LogP contribution in [0.1, 0.15) is 96.6 Å². The molecule has 0 aliphatic carbocycles. The molecule has 57 heavy (non-hydrogen) atoms. The minimum Gasteiger partial charge on any atom is -0.508 e. The van der Waals surface area contributed by atoms with Gasteiger partial charge >= 0.3 is 5.97 Å². The SMILES string of the molecule is CCCCC(N)C(=O)N(C(=O)C(N)Cc1ccc(O)cc1)C(C(=O)O)(C(=O)C(N)Cc1ccccc1)C(CCCN)(C(=O)C(N)CCCC)C(=O)C(N)CC(C)C. The van der Waals surface area contributed by atoms with E-state index in [-0.39, 0.29) is 61.6 Å². The van der Waals surface area contributed by atoms with Gasteiger partial charge in [0, 0.05) is 0 Å². The molecule has 0 fully saturated rings. The van der Waals surface area contributed by atoms with Crippen LogP contribution in [0.3, 0.4) is 0 Å². The van der Waals surface area contributed by atoms with Crippen molar-refractivity contribution in [3.63, 3.8) is 0 Å². The lowest BCUT2D eigenvalue weighted by atomic mass is 9.55. The molecule has 316 valence electrons. The fourth-order valence-corrected chi connectivity index (χ4v) is 7.49. The number of unbranched alkanes of at least 4 members (excludes halogenated alkanes) is 2. The Hall–Kier alpha value is -4.38. The molecule has 0 heterocycles. The third-order valence-corrected chi connectivity index (χ3v) is 10.5. The Morgan fingerprint density at radius 3 is 1.65 bits per heavy atom. The van der Waals surface area contributed by atoms with Crippen molar-refractivity contribution < 1.29 is 39.0 Å². The van der Waals surface area contributed by atoms with E-state index in [1.54, 1.807) is 44.2 Å². The van der Waals surface area contributed by atoms with Gasteiger partial charge in [-0.25, -0.2) is 4.79 Å². The second kappa shape index (κ2) is 22.5. The molecule has 2 aromatic rings. The van der Waals surface area contributed by atoms with Crippen molar-refractivity contribution in [2.75, 3.05) is 6.54 Å². The highest BCUT2D eigenvalue weighted by atomic mass is 16.4. The number of carboxylic acids is 1. The van der Waals surface area contributed by atoms with Gasteiger partial charge in [-0.1, -0.05) is 95.8 Å². The zero-order chi connectivity index (χ0) is 43.1. The highest BCUT2D eigenvalue weighted by Gasteiger charge is 2.75. The molecule has 0 bridgehead atoms. The second-order valence-electron chi connectivity index (χ2n) is 15.4. The summed E-state index contributed by atoms with van der Waals surface area (Å²) in [4.78, 5) is 91.4. The minimum absolute atomic E-state index is 0.0371. The van der Waals surface area contributed by atoms with Crippen LogP contribution >= 0.6 is 0 Å². The largest absolute Gasteiger partial charge is 0.508 e. The Morgan fingerprint density at radius 1 is 0.649 bits per heavy atom. The molecule has 14 N–H and O–H groups in total. The van der Waals surface area contributed by atoms with E-state index in [9.17, 15) is 15.0 Å². The Kier molecular flexibility index (Phi) is 19.3. The molecule has 7 atom stereocenters. The number of amides is 2. The van der Waals surface area contributed by atoms with Gasteiger partial charge < -0.3 is 44.6 Å². The molecular formula is C42H65N7O8. The number of Topliss-reactive ketones (excluding diaryl/α,β-unsaturated/α-hetero) is 3. The predicted molar refractivity (Wildman–Crippen MR) is 218 cm³/mol. The highest BCUT2D eigenvalue weighted by Crippen LogP contribution is 2.47. The molecule has 2 aromatic carbocycles. The van der Waals surface area contributed by atoms with E-state index in [2.05, 4.69) is 0 Å². The first-order valence-electron chi connectivity index (χ1n) is 19.9. The lowest BCUT2D eigenvalue weighted by Crippen LogP contribution is -2.81. The van der Waals surface area contributed by atoms with Crippen LogP contribution in [0.5, 0.6) is 5.75 Å². The molecule has 0 saturated heterocycles. The number of phenols is 1. The molecule has 15 nitrogen and oxygen atoms in total. The fourth-order valence-electron chi connectivity index (χ4n) is 7.49. The molecule has 0 aromatic heterocycles. The minimum atomic E-state index is -3.70. The molecule has 0 aliphatic rings. The first kappa shape index (κ1) is 48.8. The summed E-state index contributed by atoms with van der Waals surface area (Å²) >= 11 is 0. The van der Waals surface area contributed by atoms with E-state index in [0.29, 0.717) is 36.8 Å². The van der Waals surface area contributed by atoms with E-state index in [1.807, 2.05) is 13.8 Å². The van der Waals surface area contributed by atoms with E-state index < -0.39 is 82.7 Å². The fraction of sp³-hybridized carbons (Fsp3) is 0.571. The number of carboxylic acid groups (broad SMARTS) is 1. The number of nitrogens with zero attached hydrogens (tertiary/aromatic N) is 1. The smallest absolute Gasteiger partial charge is 0.339 e. The Balaban J connectivity index is 3.33. The van der Waals surface area contributed by atoms with Crippen LogP contribution in [0, 0.1) is 11.3 Å². The maximum atomic E-state index is 15.6. The molecule has 2 amide bonds. The molecular weight excluding hydrogens is 731 g/mol. The Labute approximate surface area is 336 Å². The molecule has 0 radical (unpaired) electrons. The van der Waals surface area contributed by atoms with Gasteiger partial charge in [0.2, 0.25) is 17.4 Å². The van der Waals surface area contributed by atoms with Crippen molar-refractivity contribution in [2.24, 2.45) is 45.7 Å². The van der Waals surface area contributed by atoms with Crippen LogP contribution in [-0.2, 0) is 41.6 Å². The number of nitrogens with two attached hydrogens (primary N) is 6. The monoisotopic (exact) mass is 795 g/mol. The average Bonchev–Trinajstić information content (AvgIpc) is 3.18. The summed E-state index contributed by atoms with van der Waals surface area (Å²) in [5, 5.41) is 21.7. The molecule has 0 spiro atoms. The number of hydrogen-bond donors (Lipinski definition) is 8. The van der Waals surface area contributed by atoms with E-state index in [1.165, 1.54) is 24.3 Å². The maximum Gasteiger partial charge on any atom is 0.339 e. The molecule has 15 heteroatoms. The maximum absolute atomic E-state index is 15.6. The van der Waals surface area contributed by atoms with Crippen LogP contribution in [0.2, 0.25) is 0 Å². The van der Waals surface area contributed by atoms with Crippen LogP contribution in [-0.4, -0.2) is 92.5 Å². The first-order valence-corrected chi connectivity index (χ1v) is 19.9. The Morgan fingerprint density at radius 2 is 1.14 bits per heavy atom. The van der Waals surface area contributed by atoms with Gasteiger partial charge in [0.1, 0.15) is 11.2 Å². The number of benzene rings is 2. The van der Waals surface area contributed by atoms with E-state index in [4.69, 9.17) is 34.4 Å². The van der Waals surface area contributed by atoms with Crippen LogP contribution in [0.4, 0.5) is 0 Å².